The van der Waals surface area contributed by atoms with Crippen LogP contribution in [0, 0.1) is 0 Å². The molecule has 0 fully saturated rings. The van der Waals surface area contributed by atoms with Crippen molar-refractivity contribution in [2.24, 2.45) is 0 Å². The molecule has 10 heteroatoms. The number of nitrogens with one attached hydrogen (secondary N) is 1. The fourth-order valence-electron chi connectivity index (χ4n) is 3.44. The SMILES string of the molecule is CCOC(=O)CC(=O)Nc1cccc(-c2cc(Cc3cnc(N)nc3N)cc(OC)c2OC)c1. The van der Waals surface area contributed by atoms with Crippen LogP contribution in [0.3, 0.4) is 0 Å². The zero-order valence-electron chi connectivity index (χ0n) is 19.3. The first kappa shape index (κ1) is 24.3. The highest BCUT2D eigenvalue weighted by atomic mass is 16.5. The van der Waals surface area contributed by atoms with Crippen LogP contribution in [-0.2, 0) is 20.7 Å². The van der Waals surface area contributed by atoms with E-state index in [1.165, 1.54) is 0 Å². The summed E-state index contributed by atoms with van der Waals surface area (Å²) in [7, 11) is 3.11. The number of carbonyl (C=O) groups is 2. The van der Waals surface area contributed by atoms with Crippen molar-refractivity contribution in [3.63, 3.8) is 0 Å². The molecule has 5 N–H and O–H groups in total. The van der Waals surface area contributed by atoms with Crippen LogP contribution < -0.4 is 26.3 Å². The monoisotopic (exact) mass is 465 g/mol. The summed E-state index contributed by atoms with van der Waals surface area (Å²) < 4.78 is 16.0. The molecule has 1 heterocycles. The van der Waals surface area contributed by atoms with E-state index >= 15 is 0 Å². The minimum Gasteiger partial charge on any atom is -0.493 e. The summed E-state index contributed by atoms with van der Waals surface area (Å²) in [5.74, 6) is 0.421. The summed E-state index contributed by atoms with van der Waals surface area (Å²) in [4.78, 5) is 31.8. The molecule has 1 aromatic heterocycles. The normalized spacial score (nSPS) is 10.4. The molecule has 0 saturated carbocycles. The highest BCUT2D eigenvalue weighted by Crippen LogP contribution is 2.40. The van der Waals surface area contributed by atoms with Crippen LogP contribution in [0.25, 0.3) is 11.1 Å². The van der Waals surface area contributed by atoms with Gasteiger partial charge in [0.05, 0.1) is 20.8 Å². The summed E-state index contributed by atoms with van der Waals surface area (Å²) >= 11 is 0. The van der Waals surface area contributed by atoms with Crippen LogP contribution in [0.15, 0.2) is 42.6 Å². The Morgan fingerprint density at radius 3 is 2.56 bits per heavy atom. The van der Waals surface area contributed by atoms with Crippen LogP contribution in [-0.4, -0.2) is 42.7 Å². The number of nitrogens with zero attached hydrogens (tertiary/aromatic N) is 2. The van der Waals surface area contributed by atoms with Crippen molar-refractivity contribution in [3.05, 3.63) is 53.7 Å². The average Bonchev–Trinajstić information content (AvgIpc) is 2.80. The van der Waals surface area contributed by atoms with Crippen molar-refractivity contribution < 1.29 is 23.8 Å². The molecular weight excluding hydrogens is 438 g/mol. The lowest BCUT2D eigenvalue weighted by Crippen LogP contribution is -2.18. The lowest BCUT2D eigenvalue weighted by Gasteiger charge is -2.16. The number of rotatable bonds is 9. The predicted octanol–water partition coefficient (Wildman–Crippen LogP) is 2.81. The number of nitrogens with two attached hydrogens (primary N) is 2. The van der Waals surface area contributed by atoms with Gasteiger partial charge in [0.25, 0.3) is 0 Å². The number of methoxy groups -OCH3 is 2. The van der Waals surface area contributed by atoms with Gasteiger partial charge in [-0.1, -0.05) is 12.1 Å². The van der Waals surface area contributed by atoms with Crippen LogP contribution in [0.2, 0.25) is 0 Å². The highest BCUT2D eigenvalue weighted by molar-refractivity contribution is 6.02. The Balaban J connectivity index is 1.95. The fourth-order valence-corrected chi connectivity index (χ4v) is 3.44. The van der Waals surface area contributed by atoms with E-state index in [4.69, 9.17) is 25.7 Å². The maximum Gasteiger partial charge on any atom is 0.315 e. The minimum atomic E-state index is -0.582. The number of anilines is 3. The lowest BCUT2D eigenvalue weighted by atomic mass is 9.97. The van der Waals surface area contributed by atoms with Gasteiger partial charge in [0.2, 0.25) is 11.9 Å². The van der Waals surface area contributed by atoms with E-state index < -0.39 is 11.9 Å². The van der Waals surface area contributed by atoms with Gasteiger partial charge in [-0.3, -0.25) is 9.59 Å². The molecule has 10 nitrogen and oxygen atoms in total. The largest absolute Gasteiger partial charge is 0.493 e. The van der Waals surface area contributed by atoms with E-state index in [0.717, 1.165) is 16.7 Å². The van der Waals surface area contributed by atoms with E-state index in [9.17, 15) is 9.59 Å². The van der Waals surface area contributed by atoms with Crippen molar-refractivity contribution in [2.45, 2.75) is 19.8 Å². The predicted molar refractivity (Wildman–Crippen MR) is 129 cm³/mol. The molecule has 1 amide bonds. The van der Waals surface area contributed by atoms with Gasteiger partial charge in [0.1, 0.15) is 12.2 Å². The van der Waals surface area contributed by atoms with Crippen molar-refractivity contribution in [2.75, 3.05) is 37.6 Å². The maximum absolute atomic E-state index is 12.2. The second-order valence-corrected chi connectivity index (χ2v) is 7.31. The molecule has 178 valence electrons. The van der Waals surface area contributed by atoms with Gasteiger partial charge < -0.3 is 31.0 Å². The molecule has 0 saturated heterocycles. The molecule has 0 aliphatic rings. The standard InChI is InChI=1S/C24H27N5O5/c1-4-34-21(31)12-20(30)28-17-7-5-6-15(11-17)18-9-14(10-19(32-2)22(18)33-3)8-16-13-27-24(26)29-23(16)25/h5-7,9-11,13H,4,8,12H2,1-3H3,(H,28,30)(H4,25,26,27,29). The molecule has 0 spiro atoms. The smallest absolute Gasteiger partial charge is 0.315 e. The first-order valence-corrected chi connectivity index (χ1v) is 10.5. The molecule has 0 aliphatic heterocycles. The van der Waals surface area contributed by atoms with Crippen molar-refractivity contribution in [1.82, 2.24) is 9.97 Å². The van der Waals surface area contributed by atoms with E-state index in [1.807, 2.05) is 18.2 Å². The van der Waals surface area contributed by atoms with Gasteiger partial charge in [-0.15, -0.1) is 0 Å². The summed E-state index contributed by atoms with van der Waals surface area (Å²) in [6.45, 7) is 1.90. The van der Waals surface area contributed by atoms with Gasteiger partial charge in [-0.05, 0) is 42.3 Å². The fraction of sp³-hybridized carbons (Fsp3) is 0.250. The summed E-state index contributed by atoms with van der Waals surface area (Å²) in [5.41, 5.74) is 15.2. The first-order chi connectivity index (χ1) is 16.3. The molecule has 2 aromatic carbocycles. The number of esters is 1. The number of amides is 1. The minimum absolute atomic E-state index is 0.107. The summed E-state index contributed by atoms with van der Waals surface area (Å²) in [6, 6.07) is 11.0. The zero-order chi connectivity index (χ0) is 24.7. The Kier molecular flexibility index (Phi) is 7.86. The lowest BCUT2D eigenvalue weighted by molar-refractivity contribution is -0.145. The second-order valence-electron chi connectivity index (χ2n) is 7.31. The van der Waals surface area contributed by atoms with Crippen LogP contribution in [0.4, 0.5) is 17.5 Å². The number of ether oxygens (including phenoxy) is 3. The topological polar surface area (TPSA) is 152 Å². The van der Waals surface area contributed by atoms with Crippen LogP contribution in [0.5, 0.6) is 11.5 Å². The molecule has 0 aliphatic carbocycles. The Morgan fingerprint density at radius 1 is 1.09 bits per heavy atom. The number of hydrogen-bond donors (Lipinski definition) is 3. The van der Waals surface area contributed by atoms with Gasteiger partial charge in [-0.25, -0.2) is 4.98 Å². The number of benzene rings is 2. The van der Waals surface area contributed by atoms with Crippen molar-refractivity contribution in [3.8, 4) is 22.6 Å². The van der Waals surface area contributed by atoms with Gasteiger partial charge in [0, 0.05) is 29.4 Å². The Bertz CT molecular complexity index is 1200. The second kappa shape index (κ2) is 11.0. The number of carbonyl (C=O) groups excluding carboxylic acids is 2. The zero-order valence-corrected chi connectivity index (χ0v) is 19.3. The first-order valence-electron chi connectivity index (χ1n) is 10.5. The third-order valence-electron chi connectivity index (χ3n) is 4.92. The molecule has 0 unspecified atom stereocenters. The maximum atomic E-state index is 12.2. The van der Waals surface area contributed by atoms with Gasteiger partial charge in [0.15, 0.2) is 11.5 Å². The van der Waals surface area contributed by atoms with Gasteiger partial charge >= 0.3 is 5.97 Å². The average molecular weight is 466 g/mol. The van der Waals surface area contributed by atoms with Crippen molar-refractivity contribution >= 4 is 29.3 Å². The Labute approximate surface area is 197 Å². The Hall–Kier alpha value is -4.34. The van der Waals surface area contributed by atoms with Crippen molar-refractivity contribution in [1.29, 1.82) is 0 Å². The molecule has 0 bridgehead atoms. The van der Waals surface area contributed by atoms with Crippen LogP contribution >= 0.6 is 0 Å². The molecule has 3 aromatic rings. The third-order valence-corrected chi connectivity index (χ3v) is 4.92. The molecule has 0 atom stereocenters. The van der Waals surface area contributed by atoms with E-state index in [-0.39, 0.29) is 19.0 Å². The van der Waals surface area contributed by atoms with E-state index in [0.29, 0.717) is 35.0 Å². The summed E-state index contributed by atoms with van der Waals surface area (Å²) in [6.07, 6.45) is 1.67. The van der Waals surface area contributed by atoms with E-state index in [2.05, 4.69) is 15.3 Å². The third kappa shape index (κ3) is 5.91. The molecule has 3 rings (SSSR count). The summed E-state index contributed by atoms with van der Waals surface area (Å²) in [5, 5.41) is 2.72. The van der Waals surface area contributed by atoms with E-state index in [1.54, 1.807) is 45.5 Å². The number of aromatic nitrogens is 2. The molecule has 0 radical (unpaired) electrons. The van der Waals surface area contributed by atoms with Crippen LogP contribution in [0.1, 0.15) is 24.5 Å². The molecular formula is C24H27N5O5. The Morgan fingerprint density at radius 2 is 1.88 bits per heavy atom. The highest BCUT2D eigenvalue weighted by Gasteiger charge is 2.17. The quantitative estimate of drug-likeness (QED) is 0.320. The molecule has 34 heavy (non-hydrogen) atoms. The van der Waals surface area contributed by atoms with Gasteiger partial charge in [-0.2, -0.15) is 4.98 Å². The number of hydrogen-bond acceptors (Lipinski definition) is 9. The number of nitrogen functional groups attached to an aromatic ring is 2.